The van der Waals surface area contributed by atoms with Gasteiger partial charge in [-0.25, -0.2) is 0 Å². The van der Waals surface area contributed by atoms with Crippen LogP contribution in [0, 0.1) is 18.8 Å². The highest BCUT2D eigenvalue weighted by Crippen LogP contribution is 2.26. The molecule has 0 amide bonds. The van der Waals surface area contributed by atoms with Gasteiger partial charge < -0.3 is 19.1 Å². The van der Waals surface area contributed by atoms with Crippen molar-refractivity contribution in [1.29, 1.82) is 0 Å². The van der Waals surface area contributed by atoms with Crippen molar-refractivity contribution in [3.05, 3.63) is 29.8 Å². The Kier molecular flexibility index (Phi) is 10.2. The lowest BCUT2D eigenvalue weighted by molar-refractivity contribution is -0.155. The second-order valence-electron chi connectivity index (χ2n) is 6.53. The number of rotatable bonds is 7. The molecule has 1 saturated heterocycles. The fourth-order valence-electron chi connectivity index (χ4n) is 2.95. The molecule has 1 heterocycles. The fourth-order valence-corrected chi connectivity index (χ4v) is 2.95. The normalized spacial score (nSPS) is 15.8. The van der Waals surface area contributed by atoms with Gasteiger partial charge in [-0.05, 0) is 26.0 Å². The first kappa shape index (κ1) is 23.3. The maximum Gasteiger partial charge on any atom is 0.304 e. The fraction of sp³-hybridized carbons (Fsp3) is 0.571. The molecule has 150 valence electrons. The highest BCUT2D eigenvalue weighted by molar-refractivity contribution is 5.85. The predicted octanol–water partition coefficient (Wildman–Crippen LogP) is 3.23. The van der Waals surface area contributed by atoms with Crippen LogP contribution in [0.15, 0.2) is 24.3 Å². The molecule has 1 aromatic rings. The third kappa shape index (κ3) is 8.21. The molecule has 1 aromatic carbocycles. The molecular weight excluding hydrogens is 366 g/mol. The van der Waals surface area contributed by atoms with E-state index in [1.54, 1.807) is 0 Å². The Morgan fingerprint density at radius 3 is 2.48 bits per heavy atom. The second-order valence-corrected chi connectivity index (χ2v) is 6.53. The van der Waals surface area contributed by atoms with Gasteiger partial charge in [0.15, 0.2) is 5.60 Å². The average molecular weight is 396 g/mol. The van der Waals surface area contributed by atoms with Crippen LogP contribution in [0.4, 0.5) is 0 Å². The van der Waals surface area contributed by atoms with Gasteiger partial charge in [-0.3, -0.25) is 4.79 Å². The molecule has 1 aliphatic rings. The van der Waals surface area contributed by atoms with Crippen molar-refractivity contribution in [2.45, 2.75) is 39.2 Å². The molecule has 0 unspecified atom stereocenters. The highest BCUT2D eigenvalue weighted by Gasteiger charge is 2.35. The van der Waals surface area contributed by atoms with Crippen LogP contribution in [0.5, 0.6) is 5.75 Å². The maximum absolute atomic E-state index is 11.5. The summed E-state index contributed by atoms with van der Waals surface area (Å²) in [7, 11) is 0. The van der Waals surface area contributed by atoms with Crippen molar-refractivity contribution in [3.63, 3.8) is 0 Å². The third-order valence-electron chi connectivity index (χ3n) is 4.41. The molecule has 0 radical (unpaired) electrons. The van der Waals surface area contributed by atoms with Gasteiger partial charge in [0.25, 0.3) is 0 Å². The summed E-state index contributed by atoms with van der Waals surface area (Å²) in [5, 5.41) is 0. The number of aryl methyl sites for hydroxylation is 1. The van der Waals surface area contributed by atoms with Gasteiger partial charge >= 0.3 is 5.97 Å². The molecule has 6 heteroatoms. The van der Waals surface area contributed by atoms with E-state index in [9.17, 15) is 4.79 Å². The van der Waals surface area contributed by atoms with E-state index in [2.05, 4.69) is 16.7 Å². The number of piperidine rings is 1. The SMILES string of the molecule is CCOCCN1CCC(C#CCOc2ccc(C)cc2)(OC(C)=O)CC1.Cl. The molecule has 0 aliphatic carbocycles. The monoisotopic (exact) mass is 395 g/mol. The molecule has 0 bridgehead atoms. The van der Waals surface area contributed by atoms with E-state index in [0.29, 0.717) is 12.8 Å². The highest BCUT2D eigenvalue weighted by atomic mass is 35.5. The van der Waals surface area contributed by atoms with Gasteiger partial charge in [0.1, 0.15) is 12.4 Å². The van der Waals surface area contributed by atoms with Gasteiger partial charge in [0, 0.05) is 46.0 Å². The summed E-state index contributed by atoms with van der Waals surface area (Å²) >= 11 is 0. The molecule has 0 aromatic heterocycles. The number of halogens is 1. The Hall–Kier alpha value is -1.74. The number of esters is 1. The Morgan fingerprint density at radius 1 is 1.22 bits per heavy atom. The molecule has 0 saturated carbocycles. The Balaban J connectivity index is 0.00000364. The summed E-state index contributed by atoms with van der Waals surface area (Å²) in [6.07, 6.45) is 1.41. The quantitative estimate of drug-likeness (QED) is 0.403. The van der Waals surface area contributed by atoms with Crippen molar-refractivity contribution < 1.29 is 19.0 Å². The summed E-state index contributed by atoms with van der Waals surface area (Å²) in [5.74, 6) is 6.70. The summed E-state index contributed by atoms with van der Waals surface area (Å²) in [4.78, 5) is 13.9. The summed E-state index contributed by atoms with van der Waals surface area (Å²) in [6, 6.07) is 7.85. The minimum atomic E-state index is -0.704. The topological polar surface area (TPSA) is 48.0 Å². The van der Waals surface area contributed by atoms with Crippen LogP contribution in [0.3, 0.4) is 0 Å². The summed E-state index contributed by atoms with van der Waals surface area (Å²) in [5.41, 5.74) is 0.484. The van der Waals surface area contributed by atoms with Crippen LogP contribution in [-0.2, 0) is 14.3 Å². The van der Waals surface area contributed by atoms with Crippen molar-refractivity contribution in [3.8, 4) is 17.6 Å². The van der Waals surface area contributed by atoms with Gasteiger partial charge in [-0.2, -0.15) is 0 Å². The van der Waals surface area contributed by atoms with E-state index >= 15 is 0 Å². The molecule has 2 rings (SSSR count). The number of hydrogen-bond acceptors (Lipinski definition) is 5. The Bertz CT molecular complexity index is 628. The first-order chi connectivity index (χ1) is 12.5. The first-order valence-corrected chi connectivity index (χ1v) is 9.22. The molecule has 1 fully saturated rings. The molecular formula is C21H30ClNO4. The predicted molar refractivity (Wildman–Crippen MR) is 108 cm³/mol. The molecule has 5 nitrogen and oxygen atoms in total. The number of carbonyl (C=O) groups is 1. The van der Waals surface area contributed by atoms with E-state index in [1.807, 2.05) is 38.1 Å². The van der Waals surface area contributed by atoms with E-state index in [0.717, 1.165) is 38.6 Å². The zero-order chi connectivity index (χ0) is 18.8. The lowest BCUT2D eigenvalue weighted by Crippen LogP contribution is -2.47. The van der Waals surface area contributed by atoms with Gasteiger partial charge in [-0.1, -0.05) is 29.5 Å². The number of nitrogens with zero attached hydrogens (tertiary/aromatic N) is 1. The van der Waals surface area contributed by atoms with Crippen LogP contribution < -0.4 is 4.74 Å². The van der Waals surface area contributed by atoms with Crippen LogP contribution in [0.2, 0.25) is 0 Å². The smallest absolute Gasteiger partial charge is 0.304 e. The molecule has 0 spiro atoms. The van der Waals surface area contributed by atoms with E-state index in [-0.39, 0.29) is 25.0 Å². The van der Waals surface area contributed by atoms with Crippen molar-refractivity contribution in [2.75, 3.05) is 39.5 Å². The largest absolute Gasteiger partial charge is 0.481 e. The number of ether oxygens (including phenoxy) is 3. The van der Waals surface area contributed by atoms with Crippen molar-refractivity contribution >= 4 is 18.4 Å². The standard InChI is InChI=1S/C21H29NO4.ClH/c1-4-24-17-15-22-13-11-21(12-14-22,26-19(3)23)10-5-16-25-20-8-6-18(2)7-9-20;/h6-9H,4,11-17H2,1-3H3;1H. The molecule has 0 N–H and O–H groups in total. The maximum atomic E-state index is 11.5. The first-order valence-electron chi connectivity index (χ1n) is 9.22. The molecule has 1 aliphatic heterocycles. The van der Waals surface area contributed by atoms with Crippen LogP contribution in [0.1, 0.15) is 32.3 Å². The average Bonchev–Trinajstić information content (AvgIpc) is 2.62. The lowest BCUT2D eigenvalue weighted by atomic mass is 9.91. The number of carbonyl (C=O) groups excluding carboxylic acids is 1. The number of hydrogen-bond donors (Lipinski definition) is 0. The third-order valence-corrected chi connectivity index (χ3v) is 4.41. The van der Waals surface area contributed by atoms with Crippen molar-refractivity contribution in [1.82, 2.24) is 4.90 Å². The summed E-state index contributed by atoms with van der Waals surface area (Å²) < 4.78 is 16.7. The van der Waals surface area contributed by atoms with Crippen LogP contribution in [-0.4, -0.2) is 55.9 Å². The number of likely N-dealkylation sites (tertiary alicyclic amines) is 1. The van der Waals surface area contributed by atoms with Gasteiger partial charge in [-0.15, -0.1) is 12.4 Å². The van der Waals surface area contributed by atoms with Crippen molar-refractivity contribution in [2.24, 2.45) is 0 Å². The van der Waals surface area contributed by atoms with E-state index in [1.165, 1.54) is 12.5 Å². The minimum Gasteiger partial charge on any atom is -0.481 e. The Morgan fingerprint density at radius 2 is 1.89 bits per heavy atom. The zero-order valence-corrected chi connectivity index (χ0v) is 17.3. The van der Waals surface area contributed by atoms with Gasteiger partial charge in [0.2, 0.25) is 0 Å². The van der Waals surface area contributed by atoms with E-state index < -0.39 is 5.60 Å². The second kappa shape index (κ2) is 11.9. The van der Waals surface area contributed by atoms with Gasteiger partial charge in [0.05, 0.1) is 6.61 Å². The molecule has 27 heavy (non-hydrogen) atoms. The minimum absolute atomic E-state index is 0. The van der Waals surface area contributed by atoms with Crippen LogP contribution >= 0.6 is 12.4 Å². The van der Waals surface area contributed by atoms with Crippen LogP contribution in [0.25, 0.3) is 0 Å². The molecule has 0 atom stereocenters. The zero-order valence-electron chi connectivity index (χ0n) is 16.5. The number of benzene rings is 1. The lowest BCUT2D eigenvalue weighted by Gasteiger charge is -2.37. The Labute approximate surface area is 168 Å². The summed E-state index contributed by atoms with van der Waals surface area (Å²) in [6.45, 7) is 9.79. The van der Waals surface area contributed by atoms with E-state index in [4.69, 9.17) is 14.2 Å².